The van der Waals surface area contributed by atoms with Crippen molar-refractivity contribution in [2.24, 2.45) is 11.3 Å². The summed E-state index contributed by atoms with van der Waals surface area (Å²) < 4.78 is 6.61. The van der Waals surface area contributed by atoms with E-state index in [1.54, 1.807) is 6.92 Å². The molecule has 1 aliphatic rings. The van der Waals surface area contributed by atoms with Crippen LogP contribution in [-0.4, -0.2) is 25.6 Å². The Bertz CT molecular complexity index is 439. The fourth-order valence-corrected chi connectivity index (χ4v) is 4.29. The topological polar surface area (TPSA) is 29.5 Å². The van der Waals surface area contributed by atoms with Crippen LogP contribution in [0, 0.1) is 11.3 Å². The van der Waals surface area contributed by atoms with Crippen LogP contribution >= 0.6 is 0 Å². The molecule has 0 aliphatic heterocycles. The fourth-order valence-electron chi connectivity index (χ4n) is 3.03. The first-order valence-electron chi connectivity index (χ1n) is 8.49. The van der Waals surface area contributed by atoms with E-state index >= 15 is 0 Å². The molecule has 2 nitrogen and oxygen atoms in total. The number of hydrogen-bond acceptors (Lipinski definition) is 2. The van der Waals surface area contributed by atoms with Gasteiger partial charge in [-0.25, -0.2) is 0 Å². The smallest absolute Gasteiger partial charge is 0.192 e. The molecule has 0 radical (unpaired) electrons. The monoisotopic (exact) mass is 324 g/mol. The van der Waals surface area contributed by atoms with E-state index in [0.717, 1.165) is 6.42 Å². The van der Waals surface area contributed by atoms with Crippen LogP contribution in [0.1, 0.15) is 54.9 Å². The van der Waals surface area contributed by atoms with E-state index in [4.69, 9.17) is 4.43 Å². The maximum Gasteiger partial charge on any atom is 0.192 e. The van der Waals surface area contributed by atoms with Crippen molar-refractivity contribution in [2.75, 3.05) is 0 Å². The molecular formula is C19H36O2Si. The van der Waals surface area contributed by atoms with Crippen molar-refractivity contribution < 1.29 is 9.53 Å². The molecule has 0 saturated carbocycles. The Labute approximate surface area is 138 Å². The van der Waals surface area contributed by atoms with Gasteiger partial charge in [-0.15, -0.1) is 0 Å². The van der Waals surface area contributed by atoms with Gasteiger partial charge in [-0.05, 0) is 43.8 Å². The van der Waals surface area contributed by atoms with Crippen LogP contribution in [0.2, 0.25) is 18.1 Å². The molecule has 0 aromatic rings. The molecule has 0 aromatic heterocycles. The second-order valence-electron chi connectivity index (χ2n) is 9.12. The zero-order valence-electron chi connectivity index (χ0n) is 16.0. The Hall–Kier alpha value is -0.383. The normalized spacial score (nSPS) is 27.8. The lowest BCUT2D eigenvalue weighted by atomic mass is 9.68. The molecule has 0 unspecified atom stereocenters. The number of aliphatic hydroxyl groups excluding tert-OH is 1. The Kier molecular flexibility index (Phi) is 5.92. The summed E-state index contributed by atoms with van der Waals surface area (Å²) in [5, 5.41) is 9.75. The number of rotatable bonds is 4. The quantitative estimate of drug-likeness (QED) is 0.561. The van der Waals surface area contributed by atoms with Crippen molar-refractivity contribution in [1.82, 2.24) is 0 Å². The predicted molar refractivity (Wildman–Crippen MR) is 98.5 cm³/mol. The summed E-state index contributed by atoms with van der Waals surface area (Å²) in [5.74, 6) is 0.376. The first-order valence-corrected chi connectivity index (χ1v) is 11.4. The zero-order valence-corrected chi connectivity index (χ0v) is 17.0. The predicted octanol–water partition coefficient (Wildman–Crippen LogP) is 5.31. The van der Waals surface area contributed by atoms with Gasteiger partial charge in [0.2, 0.25) is 0 Å². The van der Waals surface area contributed by atoms with Gasteiger partial charge in [0.05, 0.1) is 12.2 Å². The van der Waals surface area contributed by atoms with Crippen LogP contribution in [-0.2, 0) is 4.43 Å². The first-order chi connectivity index (χ1) is 9.76. The summed E-state index contributed by atoms with van der Waals surface area (Å²) in [5.41, 5.74) is 1.51. The van der Waals surface area contributed by atoms with Crippen LogP contribution in [0.3, 0.4) is 0 Å². The van der Waals surface area contributed by atoms with E-state index in [1.807, 2.05) is 6.08 Å². The van der Waals surface area contributed by atoms with E-state index in [-0.39, 0.29) is 22.7 Å². The van der Waals surface area contributed by atoms with Crippen molar-refractivity contribution in [3.63, 3.8) is 0 Å². The summed E-state index contributed by atoms with van der Waals surface area (Å²) in [6, 6.07) is 0. The number of hydrogen-bond donors (Lipinski definition) is 1. The molecule has 0 heterocycles. The van der Waals surface area contributed by atoms with Gasteiger partial charge in [0, 0.05) is 5.92 Å². The molecule has 0 bridgehead atoms. The largest absolute Gasteiger partial charge is 0.411 e. The van der Waals surface area contributed by atoms with Crippen LogP contribution in [0.15, 0.2) is 23.8 Å². The second-order valence-corrected chi connectivity index (χ2v) is 13.9. The molecule has 0 saturated heterocycles. The summed E-state index contributed by atoms with van der Waals surface area (Å²) in [6.45, 7) is 20.1. The molecule has 0 fully saturated rings. The average Bonchev–Trinajstić information content (AvgIpc) is 2.23. The highest BCUT2D eigenvalue weighted by Crippen LogP contribution is 2.45. The summed E-state index contributed by atoms with van der Waals surface area (Å²) in [4.78, 5) is 0. The molecular weight excluding hydrogens is 288 g/mol. The third-order valence-corrected chi connectivity index (χ3v) is 9.85. The van der Waals surface area contributed by atoms with E-state index in [9.17, 15) is 5.11 Å². The minimum atomic E-state index is -1.75. The van der Waals surface area contributed by atoms with Crippen LogP contribution in [0.4, 0.5) is 0 Å². The Balaban J connectivity index is 2.97. The lowest BCUT2D eigenvalue weighted by Crippen LogP contribution is -2.46. The Morgan fingerprint density at radius 1 is 1.36 bits per heavy atom. The molecule has 0 aromatic carbocycles. The molecule has 1 aliphatic carbocycles. The molecule has 0 amide bonds. The van der Waals surface area contributed by atoms with E-state index in [1.165, 1.54) is 5.57 Å². The van der Waals surface area contributed by atoms with Gasteiger partial charge >= 0.3 is 0 Å². The maximum atomic E-state index is 9.51. The average molecular weight is 325 g/mol. The molecule has 0 spiro atoms. The summed E-state index contributed by atoms with van der Waals surface area (Å²) in [7, 11) is -1.75. The van der Waals surface area contributed by atoms with Gasteiger partial charge in [0.25, 0.3) is 0 Å². The molecule has 128 valence electrons. The van der Waals surface area contributed by atoms with Gasteiger partial charge in [-0.3, -0.25) is 0 Å². The minimum Gasteiger partial charge on any atom is -0.411 e. The zero-order chi connectivity index (χ0) is 17.3. The molecule has 3 atom stereocenters. The van der Waals surface area contributed by atoms with Crippen LogP contribution in [0.5, 0.6) is 0 Å². The van der Waals surface area contributed by atoms with Crippen molar-refractivity contribution >= 4 is 8.32 Å². The highest BCUT2D eigenvalue weighted by Gasteiger charge is 2.42. The SMILES string of the molecule is CC1=C[C@H](O[Si](C)(C)C(C)(C)C)CC(C)(C)[C@H]1/C=C/[C@@H](C)O. The molecule has 1 rings (SSSR count). The standard InChI is InChI=1S/C19H36O2Si/c1-14-12-16(21-22(8,9)18(3,4)5)13-19(6,7)17(14)11-10-15(2)20/h10-12,15-17,20H,13H2,1-9H3/b11-10+/t15-,16+,17+/m1/s1. The third kappa shape index (κ3) is 4.80. The number of allylic oxidation sites excluding steroid dienone is 2. The first kappa shape index (κ1) is 19.7. The second kappa shape index (κ2) is 6.62. The lowest BCUT2D eigenvalue weighted by Gasteiger charge is -2.45. The molecule has 22 heavy (non-hydrogen) atoms. The van der Waals surface area contributed by atoms with Crippen molar-refractivity contribution in [3.05, 3.63) is 23.8 Å². The van der Waals surface area contributed by atoms with Crippen molar-refractivity contribution in [2.45, 2.75) is 85.2 Å². The fraction of sp³-hybridized carbons (Fsp3) is 0.789. The highest BCUT2D eigenvalue weighted by atomic mass is 28.4. The van der Waals surface area contributed by atoms with Gasteiger partial charge < -0.3 is 9.53 Å². The lowest BCUT2D eigenvalue weighted by molar-refractivity contribution is 0.123. The van der Waals surface area contributed by atoms with Gasteiger partial charge in [-0.2, -0.15) is 0 Å². The minimum absolute atomic E-state index is 0.150. The highest BCUT2D eigenvalue weighted by molar-refractivity contribution is 6.74. The van der Waals surface area contributed by atoms with Gasteiger partial charge in [0.1, 0.15) is 0 Å². The van der Waals surface area contributed by atoms with Crippen LogP contribution < -0.4 is 0 Å². The Morgan fingerprint density at radius 3 is 2.32 bits per heavy atom. The molecule has 1 N–H and O–H groups in total. The van der Waals surface area contributed by atoms with Crippen molar-refractivity contribution in [1.29, 1.82) is 0 Å². The number of aliphatic hydroxyl groups is 1. The van der Waals surface area contributed by atoms with E-state index in [0.29, 0.717) is 5.92 Å². The van der Waals surface area contributed by atoms with E-state index in [2.05, 4.69) is 66.8 Å². The van der Waals surface area contributed by atoms with Crippen molar-refractivity contribution in [3.8, 4) is 0 Å². The summed E-state index contributed by atoms with van der Waals surface area (Å²) >= 11 is 0. The maximum absolute atomic E-state index is 9.51. The van der Waals surface area contributed by atoms with Crippen LogP contribution in [0.25, 0.3) is 0 Å². The summed E-state index contributed by atoms with van der Waals surface area (Å²) in [6.07, 6.45) is 7.24. The van der Waals surface area contributed by atoms with Gasteiger partial charge in [0.15, 0.2) is 8.32 Å². The third-order valence-electron chi connectivity index (χ3n) is 5.34. The van der Waals surface area contributed by atoms with Gasteiger partial charge in [-0.1, -0.05) is 58.4 Å². The Morgan fingerprint density at radius 2 is 1.91 bits per heavy atom. The van der Waals surface area contributed by atoms with E-state index < -0.39 is 8.32 Å². The molecule has 3 heteroatoms.